The number of nitrogen functional groups attached to an aromatic ring is 1. The number of nitriles is 1. The number of ether oxygens (including phenoxy) is 1. The number of benzene rings is 1. The molecule has 1 aliphatic heterocycles. The van der Waals surface area contributed by atoms with E-state index in [-0.39, 0.29) is 11.1 Å². The first kappa shape index (κ1) is 12.3. The summed E-state index contributed by atoms with van der Waals surface area (Å²) >= 11 is 0. The number of nitrogens with zero attached hydrogens (tertiary/aromatic N) is 2. The lowest BCUT2D eigenvalue weighted by Gasteiger charge is -2.10. The lowest BCUT2D eigenvalue weighted by atomic mass is 9.99. The Balaban J connectivity index is 2.25. The molecule has 5 heteroatoms. The molecule has 1 aromatic heterocycles. The molecule has 1 aliphatic rings. The number of anilines is 1. The molecule has 0 radical (unpaired) electrons. The summed E-state index contributed by atoms with van der Waals surface area (Å²) in [6.45, 7) is 0.669. The van der Waals surface area contributed by atoms with Gasteiger partial charge in [0.15, 0.2) is 0 Å². The van der Waals surface area contributed by atoms with Crippen molar-refractivity contribution >= 4 is 5.82 Å². The highest BCUT2D eigenvalue weighted by molar-refractivity contribution is 5.73. The molecule has 0 aliphatic carbocycles. The maximum atomic E-state index is 12.1. The average Bonchev–Trinajstić information content (AvgIpc) is 2.91. The number of hydrogen-bond donors (Lipinski definition) is 1. The second-order valence-corrected chi connectivity index (χ2v) is 4.75. The van der Waals surface area contributed by atoms with Crippen LogP contribution in [0.15, 0.2) is 29.1 Å². The van der Waals surface area contributed by atoms with Crippen LogP contribution in [0.4, 0.5) is 5.82 Å². The van der Waals surface area contributed by atoms with E-state index in [0.717, 1.165) is 23.3 Å². The summed E-state index contributed by atoms with van der Waals surface area (Å²) in [7, 11) is 1.55. The van der Waals surface area contributed by atoms with Crippen molar-refractivity contribution in [1.29, 1.82) is 5.26 Å². The summed E-state index contributed by atoms with van der Waals surface area (Å²) in [6.07, 6.45) is 0.839. The molecular weight excluding hydrogens is 254 g/mol. The molecular formula is C15H13N3O2. The zero-order chi connectivity index (χ0) is 14.3. The summed E-state index contributed by atoms with van der Waals surface area (Å²) in [5.74, 6) is 1.20. The number of pyridine rings is 1. The summed E-state index contributed by atoms with van der Waals surface area (Å²) in [5.41, 5.74) is 8.04. The molecule has 2 heterocycles. The van der Waals surface area contributed by atoms with Crippen LogP contribution in [0.2, 0.25) is 0 Å². The highest BCUT2D eigenvalue weighted by atomic mass is 16.5. The van der Waals surface area contributed by atoms with Crippen molar-refractivity contribution in [3.63, 3.8) is 0 Å². The molecule has 100 valence electrons. The molecule has 20 heavy (non-hydrogen) atoms. The van der Waals surface area contributed by atoms with E-state index >= 15 is 0 Å². The van der Waals surface area contributed by atoms with E-state index in [9.17, 15) is 10.1 Å². The molecule has 0 saturated carbocycles. The van der Waals surface area contributed by atoms with Crippen molar-refractivity contribution in [2.75, 3.05) is 12.3 Å². The van der Waals surface area contributed by atoms with E-state index in [1.54, 1.807) is 13.1 Å². The number of fused-ring (bicyclic) bond motifs is 1. The van der Waals surface area contributed by atoms with E-state index in [0.29, 0.717) is 18.0 Å². The van der Waals surface area contributed by atoms with Gasteiger partial charge in [-0.15, -0.1) is 0 Å². The number of rotatable bonds is 1. The first-order chi connectivity index (χ1) is 9.61. The molecule has 0 saturated heterocycles. The smallest absolute Gasteiger partial charge is 0.270 e. The van der Waals surface area contributed by atoms with Gasteiger partial charge in [0.2, 0.25) is 0 Å². The topological polar surface area (TPSA) is 81.0 Å². The monoisotopic (exact) mass is 267 g/mol. The van der Waals surface area contributed by atoms with Gasteiger partial charge in [-0.25, -0.2) is 0 Å². The van der Waals surface area contributed by atoms with Crippen LogP contribution < -0.4 is 16.0 Å². The van der Waals surface area contributed by atoms with Crippen LogP contribution in [-0.4, -0.2) is 11.2 Å². The fourth-order valence-electron chi connectivity index (χ4n) is 2.41. The third kappa shape index (κ3) is 1.74. The first-order valence-electron chi connectivity index (χ1n) is 6.27. The zero-order valence-corrected chi connectivity index (χ0v) is 11.0. The molecule has 0 spiro atoms. The summed E-state index contributed by atoms with van der Waals surface area (Å²) in [5, 5.41) is 9.24. The van der Waals surface area contributed by atoms with Gasteiger partial charge >= 0.3 is 0 Å². The summed E-state index contributed by atoms with van der Waals surface area (Å²) in [4.78, 5) is 12.1. The Hall–Kier alpha value is -2.74. The molecule has 5 nitrogen and oxygen atoms in total. The van der Waals surface area contributed by atoms with Crippen LogP contribution in [-0.2, 0) is 13.5 Å². The quantitative estimate of drug-likeness (QED) is 0.847. The molecule has 0 bridgehead atoms. The summed E-state index contributed by atoms with van der Waals surface area (Å²) < 4.78 is 6.73. The highest BCUT2D eigenvalue weighted by Crippen LogP contribution is 2.31. The van der Waals surface area contributed by atoms with Crippen molar-refractivity contribution < 1.29 is 4.74 Å². The Bertz CT molecular complexity index is 800. The highest BCUT2D eigenvalue weighted by Gasteiger charge is 2.17. The Labute approximate surface area is 115 Å². The molecule has 2 N–H and O–H groups in total. The molecule has 3 rings (SSSR count). The second kappa shape index (κ2) is 4.42. The van der Waals surface area contributed by atoms with Gasteiger partial charge in [-0.2, -0.15) is 5.26 Å². The van der Waals surface area contributed by atoms with Gasteiger partial charge < -0.3 is 10.5 Å². The van der Waals surface area contributed by atoms with Crippen LogP contribution in [0.25, 0.3) is 11.1 Å². The number of nitrogens with two attached hydrogens (primary N) is 1. The fraction of sp³-hybridized carbons (Fsp3) is 0.200. The third-order valence-corrected chi connectivity index (χ3v) is 3.58. The predicted octanol–water partition coefficient (Wildman–Crippen LogP) is 1.44. The van der Waals surface area contributed by atoms with E-state index < -0.39 is 0 Å². The normalized spacial score (nSPS) is 12.6. The third-order valence-electron chi connectivity index (χ3n) is 3.58. The molecule has 1 aromatic carbocycles. The minimum Gasteiger partial charge on any atom is -0.493 e. The van der Waals surface area contributed by atoms with Crippen molar-refractivity contribution in [3.05, 3.63) is 45.7 Å². The van der Waals surface area contributed by atoms with E-state index in [2.05, 4.69) is 0 Å². The maximum absolute atomic E-state index is 12.1. The molecule has 2 aromatic rings. The standard InChI is InChI=1S/C15H13N3O2/c1-18-14(17)7-11(12(8-16)15(18)19)9-2-3-13-10(6-9)4-5-20-13/h2-3,6-7H,4-5,17H2,1H3. The average molecular weight is 267 g/mol. The Morgan fingerprint density at radius 1 is 1.40 bits per heavy atom. The van der Waals surface area contributed by atoms with Gasteiger partial charge in [0.1, 0.15) is 23.2 Å². The SMILES string of the molecule is Cn1c(N)cc(-c2ccc3c(c2)CCO3)c(C#N)c1=O. The van der Waals surface area contributed by atoms with Gasteiger partial charge in [0.05, 0.1) is 6.61 Å². The van der Waals surface area contributed by atoms with Crippen LogP contribution in [0.5, 0.6) is 5.75 Å². The lowest BCUT2D eigenvalue weighted by Crippen LogP contribution is -2.23. The van der Waals surface area contributed by atoms with Gasteiger partial charge in [0, 0.05) is 19.0 Å². The van der Waals surface area contributed by atoms with Crippen LogP contribution in [0, 0.1) is 11.3 Å². The minimum atomic E-state index is -0.376. The van der Waals surface area contributed by atoms with E-state index in [1.165, 1.54) is 4.57 Å². The van der Waals surface area contributed by atoms with Crippen LogP contribution >= 0.6 is 0 Å². The van der Waals surface area contributed by atoms with E-state index in [4.69, 9.17) is 10.5 Å². The van der Waals surface area contributed by atoms with E-state index in [1.807, 2.05) is 24.3 Å². The molecule has 0 fully saturated rings. The summed E-state index contributed by atoms with van der Waals surface area (Å²) in [6, 6.07) is 9.31. The van der Waals surface area contributed by atoms with Crippen LogP contribution in [0.1, 0.15) is 11.1 Å². The zero-order valence-electron chi connectivity index (χ0n) is 11.0. The van der Waals surface area contributed by atoms with Gasteiger partial charge in [0.25, 0.3) is 5.56 Å². The van der Waals surface area contributed by atoms with Crippen molar-refractivity contribution in [3.8, 4) is 22.9 Å². The Morgan fingerprint density at radius 2 is 2.20 bits per heavy atom. The van der Waals surface area contributed by atoms with Crippen molar-refractivity contribution in [2.24, 2.45) is 7.05 Å². The van der Waals surface area contributed by atoms with Crippen LogP contribution in [0.3, 0.4) is 0 Å². The first-order valence-corrected chi connectivity index (χ1v) is 6.27. The molecule has 0 unspecified atom stereocenters. The Kier molecular flexibility index (Phi) is 2.72. The molecule has 0 atom stereocenters. The van der Waals surface area contributed by atoms with Crippen molar-refractivity contribution in [1.82, 2.24) is 4.57 Å². The second-order valence-electron chi connectivity index (χ2n) is 4.75. The minimum absolute atomic E-state index is 0.112. The fourth-order valence-corrected chi connectivity index (χ4v) is 2.41. The number of hydrogen-bond acceptors (Lipinski definition) is 4. The van der Waals surface area contributed by atoms with Crippen molar-refractivity contribution in [2.45, 2.75) is 6.42 Å². The predicted molar refractivity (Wildman–Crippen MR) is 75.4 cm³/mol. The Morgan fingerprint density at radius 3 is 2.95 bits per heavy atom. The van der Waals surface area contributed by atoms with Gasteiger partial charge in [-0.1, -0.05) is 6.07 Å². The number of aromatic nitrogens is 1. The van der Waals surface area contributed by atoms with Gasteiger partial charge in [-0.3, -0.25) is 9.36 Å². The largest absolute Gasteiger partial charge is 0.493 e. The lowest BCUT2D eigenvalue weighted by molar-refractivity contribution is 0.357. The maximum Gasteiger partial charge on any atom is 0.270 e. The molecule has 0 amide bonds. The van der Waals surface area contributed by atoms with Gasteiger partial charge in [-0.05, 0) is 29.3 Å².